The van der Waals surface area contributed by atoms with E-state index in [0.717, 1.165) is 5.69 Å². The Morgan fingerprint density at radius 2 is 1.93 bits per heavy atom. The maximum Gasteiger partial charge on any atom is 0.0575 e. The number of rotatable bonds is 2. The second kappa shape index (κ2) is 3.65. The molecule has 0 saturated heterocycles. The molecule has 1 aromatic carbocycles. The van der Waals surface area contributed by atoms with Gasteiger partial charge in [-0.15, -0.1) is 0 Å². The van der Waals surface area contributed by atoms with Gasteiger partial charge in [0.15, 0.2) is 0 Å². The van der Waals surface area contributed by atoms with Crippen molar-refractivity contribution in [1.82, 2.24) is 0 Å². The number of para-hydroxylation sites is 1. The van der Waals surface area contributed by atoms with Crippen molar-refractivity contribution in [3.05, 3.63) is 41.8 Å². The van der Waals surface area contributed by atoms with Crippen molar-refractivity contribution in [1.29, 1.82) is 0 Å². The zero-order chi connectivity index (χ0) is 10.0. The van der Waals surface area contributed by atoms with Crippen molar-refractivity contribution in [2.24, 2.45) is 0 Å². The van der Waals surface area contributed by atoms with Crippen LogP contribution >= 0.6 is 10.6 Å². The van der Waals surface area contributed by atoms with Crippen LogP contribution in [0.25, 0.3) is 0 Å². The molecule has 0 spiro atoms. The first kappa shape index (κ1) is 9.58. The third kappa shape index (κ3) is 2.29. The predicted molar refractivity (Wildman–Crippen MR) is 57.0 cm³/mol. The molecule has 0 bridgehead atoms. The summed E-state index contributed by atoms with van der Waals surface area (Å²) in [6.07, 6.45) is 1.68. The topological polar surface area (TPSA) is 58.1 Å². The van der Waals surface area contributed by atoms with Gasteiger partial charge in [0.2, 0.25) is 0 Å². The molecule has 1 heterocycles. The van der Waals surface area contributed by atoms with Crippen LogP contribution in [0.1, 0.15) is 0 Å². The van der Waals surface area contributed by atoms with Gasteiger partial charge in [0.1, 0.15) is 0 Å². The number of hydrogen-bond acceptors (Lipinski definition) is 3. The van der Waals surface area contributed by atoms with Crippen LogP contribution in [0.3, 0.4) is 0 Å². The van der Waals surface area contributed by atoms with Gasteiger partial charge in [0, 0.05) is 5.69 Å². The summed E-state index contributed by atoms with van der Waals surface area (Å²) in [5.74, 6) is 0.155. The molecule has 76 valence electrons. The quantitative estimate of drug-likeness (QED) is 0.811. The van der Waals surface area contributed by atoms with Gasteiger partial charge in [0.05, 0.1) is 6.04 Å². The van der Waals surface area contributed by atoms with E-state index in [-0.39, 0.29) is 11.8 Å². The van der Waals surface area contributed by atoms with Crippen molar-refractivity contribution in [3.63, 3.8) is 0 Å². The molecule has 1 aliphatic heterocycles. The molecule has 0 saturated carbocycles. The maximum atomic E-state index is 11.1. The van der Waals surface area contributed by atoms with Gasteiger partial charge in [-0.2, -0.15) is 0 Å². The van der Waals surface area contributed by atoms with E-state index < -0.39 is 10.6 Å². The van der Waals surface area contributed by atoms with Gasteiger partial charge in [-0.05, 0) is 17.9 Å². The minimum atomic E-state index is -2.96. The Morgan fingerprint density at radius 3 is 2.50 bits per heavy atom. The summed E-state index contributed by atoms with van der Waals surface area (Å²) in [6, 6.07) is 9.48. The lowest BCUT2D eigenvalue weighted by Crippen LogP contribution is -2.19. The monoisotopic (exact) mass is 209 g/mol. The summed E-state index contributed by atoms with van der Waals surface area (Å²) in [7, 11) is -2.96. The molecule has 0 radical (unpaired) electrons. The van der Waals surface area contributed by atoms with Crippen LogP contribution in [-0.2, 0) is 0 Å². The Labute approximate surface area is 84.8 Å². The molecule has 4 heteroatoms. The van der Waals surface area contributed by atoms with Crippen molar-refractivity contribution < 1.29 is 9.11 Å². The van der Waals surface area contributed by atoms with Gasteiger partial charge in [-0.3, -0.25) is 0 Å². The van der Waals surface area contributed by atoms with Gasteiger partial charge in [-0.25, -0.2) is 0 Å². The van der Waals surface area contributed by atoms with E-state index in [4.69, 9.17) is 0 Å². The average molecular weight is 209 g/mol. The smallest absolute Gasteiger partial charge is 0.0575 e. The van der Waals surface area contributed by atoms with E-state index >= 15 is 0 Å². The van der Waals surface area contributed by atoms with Gasteiger partial charge < -0.3 is 25.0 Å². The van der Waals surface area contributed by atoms with Crippen LogP contribution in [0.4, 0.5) is 5.69 Å². The second-order valence-electron chi connectivity index (χ2n) is 3.27. The summed E-state index contributed by atoms with van der Waals surface area (Å²) in [6.45, 7) is 0. The Bertz CT molecular complexity index is 337. The lowest BCUT2D eigenvalue weighted by Gasteiger charge is -2.55. The van der Waals surface area contributed by atoms with Crippen LogP contribution in [-0.4, -0.2) is 20.9 Å². The van der Waals surface area contributed by atoms with E-state index in [1.54, 1.807) is 6.08 Å². The van der Waals surface area contributed by atoms with Crippen molar-refractivity contribution in [2.75, 3.05) is 11.1 Å². The van der Waals surface area contributed by atoms with Crippen LogP contribution in [0, 0.1) is 0 Å². The molecule has 1 unspecified atom stereocenters. The van der Waals surface area contributed by atoms with E-state index in [1.807, 2.05) is 30.3 Å². The average Bonchev–Trinajstić information content (AvgIpc) is 2.47. The minimum Gasteiger partial charge on any atom is -0.796 e. The molecule has 1 aromatic rings. The molecule has 0 amide bonds. The Hall–Kier alpha value is -0.970. The molecule has 0 aromatic heterocycles. The standard InChI is InChI=1S/C10H13NO2S/c12-14(13)7-6-10(8-14)11-9-4-2-1-3-5-9/h1-7,10-13H,8H2/p-2. The number of benzene rings is 1. The fourth-order valence-corrected chi connectivity index (χ4v) is 2.65. The third-order valence-corrected chi connectivity index (χ3v) is 3.45. The first-order chi connectivity index (χ1) is 6.66. The summed E-state index contributed by atoms with van der Waals surface area (Å²) in [4.78, 5) is 0. The Balaban J connectivity index is 1.98. The highest BCUT2D eigenvalue weighted by Gasteiger charge is 2.10. The van der Waals surface area contributed by atoms with E-state index in [1.165, 1.54) is 5.41 Å². The zero-order valence-electron chi connectivity index (χ0n) is 7.55. The second-order valence-corrected chi connectivity index (χ2v) is 5.21. The molecule has 1 aliphatic rings. The predicted octanol–water partition coefficient (Wildman–Crippen LogP) is 2.06. The molecule has 3 nitrogen and oxygen atoms in total. The van der Waals surface area contributed by atoms with Crippen LogP contribution < -0.4 is 5.32 Å². The van der Waals surface area contributed by atoms with Crippen LogP contribution in [0.2, 0.25) is 0 Å². The fourth-order valence-electron chi connectivity index (χ4n) is 1.41. The highest BCUT2D eigenvalue weighted by Crippen LogP contribution is 2.45. The molecule has 1 atom stereocenters. The summed E-state index contributed by atoms with van der Waals surface area (Å²) >= 11 is 0. The Morgan fingerprint density at radius 1 is 1.21 bits per heavy atom. The first-order valence-electron chi connectivity index (χ1n) is 4.38. The van der Waals surface area contributed by atoms with Crippen molar-refractivity contribution >= 4 is 16.3 Å². The largest absolute Gasteiger partial charge is 0.796 e. The van der Waals surface area contributed by atoms with Gasteiger partial charge >= 0.3 is 0 Å². The minimum absolute atomic E-state index is 0.0950. The fraction of sp³-hybridized carbons (Fsp3) is 0.200. The van der Waals surface area contributed by atoms with Crippen molar-refractivity contribution in [2.45, 2.75) is 6.04 Å². The SMILES string of the molecule is [O-]S1([O-])C=CC(Nc2ccccc2)C1. The number of sulfone groups is 1. The van der Waals surface area contributed by atoms with Gasteiger partial charge in [0.25, 0.3) is 0 Å². The maximum absolute atomic E-state index is 11.1. The lowest BCUT2D eigenvalue weighted by molar-refractivity contribution is 0.458. The number of nitrogens with one attached hydrogen (secondary N) is 1. The number of anilines is 1. The molecular weight excluding hydrogens is 198 g/mol. The third-order valence-electron chi connectivity index (χ3n) is 2.06. The van der Waals surface area contributed by atoms with E-state index in [2.05, 4.69) is 5.32 Å². The molecule has 1 N–H and O–H groups in total. The molecule has 0 aliphatic carbocycles. The summed E-state index contributed by atoms with van der Waals surface area (Å²) in [5.41, 5.74) is 0.944. The molecule has 2 rings (SSSR count). The highest BCUT2D eigenvalue weighted by molar-refractivity contribution is 8.26. The van der Waals surface area contributed by atoms with Crippen molar-refractivity contribution in [3.8, 4) is 0 Å². The Kier molecular flexibility index (Phi) is 2.50. The normalized spacial score (nSPS) is 26.0. The number of hydrogen-bond donors (Lipinski definition) is 1. The molecule has 14 heavy (non-hydrogen) atoms. The van der Waals surface area contributed by atoms with Crippen LogP contribution in [0.15, 0.2) is 41.8 Å². The lowest BCUT2D eigenvalue weighted by atomic mass is 10.2. The van der Waals surface area contributed by atoms with Gasteiger partial charge in [-0.1, -0.05) is 29.7 Å². The van der Waals surface area contributed by atoms with Crippen LogP contribution in [0.5, 0.6) is 0 Å². The molecular formula is C10H11NO2S-2. The first-order valence-corrected chi connectivity index (χ1v) is 6.10. The van der Waals surface area contributed by atoms with E-state index in [9.17, 15) is 9.11 Å². The van der Waals surface area contributed by atoms with E-state index in [0.29, 0.717) is 0 Å². The zero-order valence-corrected chi connectivity index (χ0v) is 8.37. The summed E-state index contributed by atoms with van der Waals surface area (Å²) in [5, 5.41) is 4.40. The summed E-state index contributed by atoms with van der Waals surface area (Å²) < 4.78 is 22.2. The highest BCUT2D eigenvalue weighted by atomic mass is 32.3. The molecule has 0 fully saturated rings.